The first-order chi connectivity index (χ1) is 15.7. The second-order valence-corrected chi connectivity index (χ2v) is 8.33. The van der Waals surface area contributed by atoms with Gasteiger partial charge in [0.05, 0.1) is 18.0 Å². The normalized spacial score (nSPS) is 18.5. The Morgan fingerprint density at radius 3 is 2.00 bits per heavy atom. The van der Waals surface area contributed by atoms with Gasteiger partial charge >= 0.3 is 5.97 Å². The van der Waals surface area contributed by atoms with Crippen LogP contribution in [0, 0.1) is 0 Å². The van der Waals surface area contributed by atoms with Crippen LogP contribution >= 0.6 is 0 Å². The number of esters is 1. The van der Waals surface area contributed by atoms with Gasteiger partial charge < -0.3 is 9.64 Å². The van der Waals surface area contributed by atoms with Crippen molar-refractivity contribution in [2.75, 3.05) is 26.2 Å². The van der Waals surface area contributed by atoms with Crippen molar-refractivity contribution in [1.82, 2.24) is 9.80 Å². The lowest BCUT2D eigenvalue weighted by molar-refractivity contribution is -0.135. The standard InChI is InChI=1S/C27H26N2O3/c30-25(19-24-22-13-7-8-14-23(22)27(31)32-24)28-15-17-29(18-16-28)26(20-9-3-1-4-10-20)21-11-5-2-6-12-21/h1-14,24,26H,15-19H2. The fraction of sp³-hybridized carbons (Fsp3) is 0.259. The molecule has 0 N–H and O–H groups in total. The molecule has 1 atom stereocenters. The molecule has 2 aliphatic heterocycles. The monoisotopic (exact) mass is 426 g/mol. The fourth-order valence-electron chi connectivity index (χ4n) is 4.77. The first-order valence-electron chi connectivity index (χ1n) is 11.1. The molecule has 32 heavy (non-hydrogen) atoms. The Morgan fingerprint density at radius 2 is 1.38 bits per heavy atom. The van der Waals surface area contributed by atoms with Crippen molar-refractivity contribution >= 4 is 11.9 Å². The van der Waals surface area contributed by atoms with Crippen molar-refractivity contribution in [2.45, 2.75) is 18.6 Å². The Bertz CT molecular complexity index is 1050. The van der Waals surface area contributed by atoms with E-state index < -0.39 is 6.10 Å². The molecule has 0 radical (unpaired) electrons. The van der Waals surface area contributed by atoms with Crippen molar-refractivity contribution in [3.63, 3.8) is 0 Å². The number of cyclic esters (lactones) is 1. The van der Waals surface area contributed by atoms with E-state index in [2.05, 4.69) is 53.4 Å². The molecule has 1 fully saturated rings. The molecule has 3 aromatic carbocycles. The minimum Gasteiger partial charge on any atom is -0.453 e. The number of hydrogen-bond donors (Lipinski definition) is 0. The van der Waals surface area contributed by atoms with Crippen LogP contribution in [0.1, 0.15) is 45.6 Å². The summed E-state index contributed by atoms with van der Waals surface area (Å²) < 4.78 is 5.47. The first-order valence-corrected chi connectivity index (χ1v) is 11.1. The average Bonchev–Trinajstić information content (AvgIpc) is 3.16. The summed E-state index contributed by atoms with van der Waals surface area (Å²) in [4.78, 5) is 29.4. The van der Waals surface area contributed by atoms with Crippen molar-refractivity contribution in [1.29, 1.82) is 0 Å². The lowest BCUT2D eigenvalue weighted by Crippen LogP contribution is -2.50. The van der Waals surface area contributed by atoms with E-state index >= 15 is 0 Å². The number of carbonyl (C=O) groups excluding carboxylic acids is 2. The molecule has 0 spiro atoms. The summed E-state index contributed by atoms with van der Waals surface area (Å²) in [7, 11) is 0. The predicted molar refractivity (Wildman–Crippen MR) is 122 cm³/mol. The molecule has 0 bridgehead atoms. The minimum absolute atomic E-state index is 0.0372. The quantitative estimate of drug-likeness (QED) is 0.573. The van der Waals surface area contributed by atoms with E-state index in [0.29, 0.717) is 18.7 Å². The highest BCUT2D eigenvalue weighted by Crippen LogP contribution is 2.34. The van der Waals surface area contributed by atoms with E-state index in [9.17, 15) is 9.59 Å². The number of piperazine rings is 1. The number of carbonyl (C=O) groups is 2. The molecule has 162 valence electrons. The van der Waals surface area contributed by atoms with Crippen LogP contribution in [0.15, 0.2) is 84.9 Å². The average molecular weight is 427 g/mol. The van der Waals surface area contributed by atoms with Crippen LogP contribution in [0.2, 0.25) is 0 Å². The lowest BCUT2D eigenvalue weighted by Gasteiger charge is -2.40. The molecule has 1 saturated heterocycles. The van der Waals surface area contributed by atoms with Crippen LogP contribution in [0.4, 0.5) is 0 Å². The van der Waals surface area contributed by atoms with Crippen LogP contribution in [-0.2, 0) is 9.53 Å². The van der Waals surface area contributed by atoms with Crippen LogP contribution < -0.4 is 0 Å². The number of hydrogen-bond acceptors (Lipinski definition) is 4. The van der Waals surface area contributed by atoms with E-state index in [1.807, 2.05) is 35.2 Å². The Hall–Kier alpha value is -3.44. The zero-order valence-electron chi connectivity index (χ0n) is 17.9. The maximum Gasteiger partial charge on any atom is 0.339 e. The molecule has 2 aliphatic rings. The number of rotatable bonds is 5. The third-order valence-corrected chi connectivity index (χ3v) is 6.40. The molecule has 5 rings (SSSR count). The predicted octanol–water partition coefficient (Wildman–Crippen LogP) is 4.22. The molecular weight excluding hydrogens is 400 g/mol. The minimum atomic E-state index is -0.481. The number of fused-ring (bicyclic) bond motifs is 1. The maximum atomic E-state index is 13.0. The second kappa shape index (κ2) is 8.97. The van der Waals surface area contributed by atoms with Gasteiger partial charge in [0.25, 0.3) is 0 Å². The highest BCUT2D eigenvalue weighted by atomic mass is 16.5. The fourth-order valence-corrected chi connectivity index (χ4v) is 4.77. The van der Waals surface area contributed by atoms with Gasteiger partial charge in [0.15, 0.2) is 0 Å². The summed E-state index contributed by atoms with van der Waals surface area (Å²) in [5.41, 5.74) is 3.90. The highest BCUT2D eigenvalue weighted by molar-refractivity contribution is 5.94. The molecule has 1 unspecified atom stereocenters. The smallest absolute Gasteiger partial charge is 0.339 e. The lowest BCUT2D eigenvalue weighted by atomic mass is 9.96. The highest BCUT2D eigenvalue weighted by Gasteiger charge is 2.34. The summed E-state index contributed by atoms with van der Waals surface area (Å²) >= 11 is 0. The maximum absolute atomic E-state index is 13.0. The molecule has 0 saturated carbocycles. The molecular formula is C27H26N2O3. The number of nitrogens with zero attached hydrogens (tertiary/aromatic N) is 2. The van der Waals surface area contributed by atoms with E-state index in [1.165, 1.54) is 11.1 Å². The zero-order valence-corrected chi connectivity index (χ0v) is 17.9. The van der Waals surface area contributed by atoms with Crippen LogP contribution in [-0.4, -0.2) is 47.9 Å². The largest absolute Gasteiger partial charge is 0.453 e. The van der Waals surface area contributed by atoms with Crippen molar-refractivity contribution in [3.05, 3.63) is 107 Å². The summed E-state index contributed by atoms with van der Waals surface area (Å²) in [6.45, 7) is 2.91. The van der Waals surface area contributed by atoms with Gasteiger partial charge in [0.1, 0.15) is 6.10 Å². The second-order valence-electron chi connectivity index (χ2n) is 8.33. The summed E-state index contributed by atoms with van der Waals surface area (Å²) in [5.74, 6) is -0.299. The van der Waals surface area contributed by atoms with Gasteiger partial charge in [-0.1, -0.05) is 78.9 Å². The molecule has 2 heterocycles. The summed E-state index contributed by atoms with van der Waals surface area (Å²) in [6.07, 6.45) is -0.283. The van der Waals surface area contributed by atoms with Crippen molar-refractivity contribution in [2.24, 2.45) is 0 Å². The van der Waals surface area contributed by atoms with E-state index in [4.69, 9.17) is 4.74 Å². The van der Waals surface area contributed by atoms with E-state index in [0.717, 1.165) is 18.7 Å². The van der Waals surface area contributed by atoms with E-state index in [1.54, 1.807) is 6.07 Å². The van der Waals surface area contributed by atoms with Gasteiger partial charge in [-0.2, -0.15) is 0 Å². The van der Waals surface area contributed by atoms with Gasteiger partial charge in [-0.15, -0.1) is 0 Å². The third kappa shape index (κ3) is 4.04. The topological polar surface area (TPSA) is 49.9 Å². The van der Waals surface area contributed by atoms with Crippen LogP contribution in [0.25, 0.3) is 0 Å². The third-order valence-electron chi connectivity index (χ3n) is 6.40. The van der Waals surface area contributed by atoms with Gasteiger partial charge in [0, 0.05) is 31.7 Å². The Balaban J connectivity index is 1.26. The van der Waals surface area contributed by atoms with Crippen LogP contribution in [0.5, 0.6) is 0 Å². The van der Waals surface area contributed by atoms with Crippen LogP contribution in [0.3, 0.4) is 0 Å². The summed E-state index contributed by atoms with van der Waals surface area (Å²) in [6, 6.07) is 28.5. The van der Waals surface area contributed by atoms with Gasteiger partial charge in [-0.3, -0.25) is 9.69 Å². The molecule has 1 amide bonds. The van der Waals surface area contributed by atoms with E-state index in [-0.39, 0.29) is 24.3 Å². The molecule has 0 aromatic heterocycles. The van der Waals surface area contributed by atoms with Gasteiger partial charge in [-0.25, -0.2) is 4.79 Å². The molecule has 0 aliphatic carbocycles. The van der Waals surface area contributed by atoms with Gasteiger partial charge in [0.2, 0.25) is 5.91 Å². The molecule has 5 heteroatoms. The number of amides is 1. The Labute approximate surface area is 188 Å². The van der Waals surface area contributed by atoms with Crippen molar-refractivity contribution in [3.8, 4) is 0 Å². The molecule has 5 nitrogen and oxygen atoms in total. The molecule has 3 aromatic rings. The Kier molecular flexibility index (Phi) is 5.73. The SMILES string of the molecule is O=C1OC(CC(=O)N2CCN(C(c3ccccc3)c3ccccc3)CC2)c2ccccc21. The number of ether oxygens (including phenoxy) is 1. The van der Waals surface area contributed by atoms with Crippen molar-refractivity contribution < 1.29 is 14.3 Å². The first kappa shape index (κ1) is 20.5. The number of benzene rings is 3. The summed E-state index contributed by atoms with van der Waals surface area (Å²) in [5, 5.41) is 0. The Morgan fingerprint density at radius 1 is 0.812 bits per heavy atom. The van der Waals surface area contributed by atoms with Gasteiger partial charge in [-0.05, 0) is 17.2 Å². The zero-order chi connectivity index (χ0) is 21.9.